The molecule has 0 aromatic heterocycles. The Morgan fingerprint density at radius 1 is 1.05 bits per heavy atom. The summed E-state index contributed by atoms with van der Waals surface area (Å²) < 4.78 is 5.82. The van der Waals surface area contributed by atoms with Gasteiger partial charge in [0.25, 0.3) is 0 Å². The van der Waals surface area contributed by atoms with Gasteiger partial charge in [0.2, 0.25) is 0 Å². The highest BCUT2D eigenvalue weighted by molar-refractivity contribution is 5.92. The molecule has 1 aromatic carbocycles. The predicted molar refractivity (Wildman–Crippen MR) is 164 cm³/mol. The van der Waals surface area contributed by atoms with Gasteiger partial charge in [-0.1, -0.05) is 45.4 Å². The zero-order valence-corrected chi connectivity index (χ0v) is 26.7. The van der Waals surface area contributed by atoms with Crippen molar-refractivity contribution in [3.63, 3.8) is 0 Å². The number of Topliss-reactive ketones (excluding diaryl/α,β-unsaturated/α-hetero) is 1. The van der Waals surface area contributed by atoms with Crippen LogP contribution in [0.1, 0.15) is 98.7 Å². The van der Waals surface area contributed by atoms with E-state index in [1.807, 2.05) is 19.9 Å². The van der Waals surface area contributed by atoms with Crippen LogP contribution in [0.3, 0.4) is 0 Å². The second kappa shape index (κ2) is 12.2. The fraction of sp³-hybridized carbons (Fsp3) is 0.629. The molecule has 4 N–H and O–H groups in total. The van der Waals surface area contributed by atoms with Crippen LogP contribution in [0, 0.1) is 28.6 Å². The Labute approximate surface area is 255 Å². The van der Waals surface area contributed by atoms with Gasteiger partial charge < -0.3 is 25.4 Å². The first-order valence-electron chi connectivity index (χ1n) is 15.6. The number of ether oxygens (including phenoxy) is 1. The number of aromatic hydroxyl groups is 2. The Bertz CT molecular complexity index is 1330. The number of esters is 1. The molecule has 1 aromatic rings. The van der Waals surface area contributed by atoms with Crippen LogP contribution >= 0.6 is 0 Å². The first-order chi connectivity index (χ1) is 20.1. The number of hydrogen-bond acceptors (Lipinski definition) is 8. The molecule has 7 atom stereocenters. The molecule has 0 bridgehead atoms. The number of aliphatic hydroxyl groups excluding tert-OH is 1. The van der Waals surface area contributed by atoms with E-state index in [-0.39, 0.29) is 39.9 Å². The van der Waals surface area contributed by atoms with E-state index in [2.05, 4.69) is 32.2 Å². The number of phenols is 2. The standard InChI is InChI=1S/C24H32O4.C11H17NO3/c1-14-12-18-19(22(4)9-6-17(27)13-21(14)22)7-10-23(5)20(18)8-11-24(23,15(2)25)28-16(3)26;1-7(2)12-6-11(15)8-3-4-9(13)10(14)5-8/h12-13,18-20H,6-11H2,1-5H3;3-5,7,11-15H,6H2,1-2H3/t18-,19+,20+,22-,23+,24+;/m1./s1. The van der Waals surface area contributed by atoms with Gasteiger partial charge in [0.15, 0.2) is 28.7 Å². The van der Waals surface area contributed by atoms with E-state index in [1.54, 1.807) is 13.0 Å². The number of rotatable bonds is 6. The fourth-order valence-corrected chi connectivity index (χ4v) is 8.69. The minimum Gasteiger partial charge on any atom is -0.504 e. The minimum atomic E-state index is -0.990. The van der Waals surface area contributed by atoms with Crippen molar-refractivity contribution in [2.45, 2.75) is 105 Å². The van der Waals surface area contributed by atoms with E-state index in [0.717, 1.165) is 25.7 Å². The van der Waals surface area contributed by atoms with Gasteiger partial charge in [0.05, 0.1) is 6.10 Å². The summed E-state index contributed by atoms with van der Waals surface area (Å²) in [5.74, 6) is 0.639. The molecule has 5 rings (SSSR count). The van der Waals surface area contributed by atoms with Crippen molar-refractivity contribution in [3.8, 4) is 11.5 Å². The topological polar surface area (TPSA) is 133 Å². The van der Waals surface area contributed by atoms with Crippen molar-refractivity contribution in [1.29, 1.82) is 0 Å². The van der Waals surface area contributed by atoms with Crippen molar-refractivity contribution in [2.24, 2.45) is 28.6 Å². The Kier molecular flexibility index (Phi) is 9.34. The van der Waals surface area contributed by atoms with Crippen LogP contribution in [-0.4, -0.2) is 51.0 Å². The van der Waals surface area contributed by atoms with Gasteiger partial charge in [-0.3, -0.25) is 14.4 Å². The number of phenolic OH excluding ortho intramolecular Hbond substituents is 2. The Hall–Kier alpha value is -2.97. The van der Waals surface area contributed by atoms with E-state index in [9.17, 15) is 24.6 Å². The summed E-state index contributed by atoms with van der Waals surface area (Å²) in [6.07, 6.45) is 8.52. The van der Waals surface area contributed by atoms with Crippen LogP contribution in [0.15, 0.2) is 41.5 Å². The third kappa shape index (κ3) is 5.93. The van der Waals surface area contributed by atoms with Gasteiger partial charge >= 0.3 is 5.97 Å². The second-order valence-electron chi connectivity index (χ2n) is 13.9. The number of allylic oxidation sites excluding steroid dienone is 4. The molecule has 0 radical (unpaired) electrons. The maximum atomic E-state index is 12.8. The monoisotopic (exact) mass is 595 g/mol. The highest BCUT2D eigenvalue weighted by Crippen LogP contribution is 2.67. The van der Waals surface area contributed by atoms with Crippen molar-refractivity contribution < 1.29 is 34.4 Å². The molecular formula is C35H49NO7. The number of ketones is 2. The molecule has 0 amide bonds. The van der Waals surface area contributed by atoms with Crippen LogP contribution < -0.4 is 5.32 Å². The maximum Gasteiger partial charge on any atom is 0.303 e. The lowest BCUT2D eigenvalue weighted by Gasteiger charge is -2.58. The second-order valence-corrected chi connectivity index (χ2v) is 13.9. The largest absolute Gasteiger partial charge is 0.504 e. The van der Waals surface area contributed by atoms with Gasteiger partial charge in [-0.2, -0.15) is 0 Å². The third-order valence-corrected chi connectivity index (χ3v) is 10.9. The van der Waals surface area contributed by atoms with Crippen molar-refractivity contribution >= 4 is 17.5 Å². The number of hydrogen-bond donors (Lipinski definition) is 4. The normalized spacial score (nSPS) is 33.6. The van der Waals surface area contributed by atoms with E-state index in [0.29, 0.717) is 48.7 Å². The molecule has 4 aliphatic rings. The molecule has 1 unspecified atom stereocenters. The third-order valence-electron chi connectivity index (χ3n) is 10.9. The zero-order chi connectivity index (χ0) is 31.9. The van der Waals surface area contributed by atoms with Crippen molar-refractivity contribution in [1.82, 2.24) is 5.32 Å². The summed E-state index contributed by atoms with van der Waals surface area (Å²) in [5.41, 5.74) is 1.73. The van der Waals surface area contributed by atoms with Gasteiger partial charge in [-0.05, 0) is 98.5 Å². The molecule has 0 spiro atoms. The molecule has 2 saturated carbocycles. The van der Waals surface area contributed by atoms with Crippen molar-refractivity contribution in [2.75, 3.05) is 6.54 Å². The number of nitrogens with one attached hydrogen (secondary N) is 1. The molecule has 43 heavy (non-hydrogen) atoms. The van der Waals surface area contributed by atoms with Crippen molar-refractivity contribution in [3.05, 3.63) is 47.1 Å². The Morgan fingerprint density at radius 2 is 1.72 bits per heavy atom. The maximum absolute atomic E-state index is 12.8. The summed E-state index contributed by atoms with van der Waals surface area (Å²) in [5, 5.41) is 31.2. The summed E-state index contributed by atoms with van der Waals surface area (Å²) in [7, 11) is 0. The quantitative estimate of drug-likeness (QED) is 0.243. The summed E-state index contributed by atoms with van der Waals surface area (Å²) in [6.45, 7) is 14.0. The first kappa shape index (κ1) is 32.9. The van der Waals surface area contributed by atoms with E-state index in [4.69, 9.17) is 9.84 Å². The van der Waals surface area contributed by atoms with E-state index in [1.165, 1.54) is 30.2 Å². The number of carbonyl (C=O) groups excluding carboxylic acids is 3. The first-order valence-corrected chi connectivity index (χ1v) is 15.6. The number of carbonyl (C=O) groups is 3. The lowest BCUT2D eigenvalue weighted by molar-refractivity contribution is -0.185. The molecular weight excluding hydrogens is 546 g/mol. The van der Waals surface area contributed by atoms with Gasteiger partial charge in [-0.15, -0.1) is 0 Å². The number of fused-ring (bicyclic) bond motifs is 5. The molecule has 2 fully saturated rings. The minimum absolute atomic E-state index is 0.0160. The summed E-state index contributed by atoms with van der Waals surface area (Å²) in [6, 6.07) is 4.61. The van der Waals surface area contributed by atoms with Crippen LogP contribution in [0.4, 0.5) is 0 Å². The molecule has 236 valence electrons. The lowest BCUT2D eigenvalue weighted by Crippen LogP contribution is -2.58. The highest BCUT2D eigenvalue weighted by Gasteiger charge is 2.67. The van der Waals surface area contributed by atoms with E-state index < -0.39 is 11.7 Å². The average molecular weight is 596 g/mol. The van der Waals surface area contributed by atoms with E-state index >= 15 is 0 Å². The number of benzene rings is 1. The number of aliphatic hydroxyl groups is 1. The van der Waals surface area contributed by atoms with Gasteiger partial charge in [-0.25, -0.2) is 0 Å². The highest BCUT2D eigenvalue weighted by atomic mass is 16.6. The molecule has 0 aliphatic heterocycles. The Morgan fingerprint density at radius 3 is 2.33 bits per heavy atom. The molecule has 8 heteroatoms. The molecule has 0 heterocycles. The summed E-state index contributed by atoms with van der Waals surface area (Å²) in [4.78, 5) is 36.8. The van der Waals surface area contributed by atoms with Gasteiger partial charge in [0.1, 0.15) is 0 Å². The van der Waals surface area contributed by atoms with Crippen LogP contribution in [0.2, 0.25) is 0 Å². The SMILES string of the molecule is CC(=O)O[C@]1(C(C)=O)CC[C@H]2[C@@H]3C=C(C)C4=CC(=O)CC[C@]4(C)[C@H]3CC[C@@]21C.CC(C)NCC(O)c1ccc(O)c(O)c1. The fourth-order valence-electron chi connectivity index (χ4n) is 8.69. The lowest BCUT2D eigenvalue weighted by atomic mass is 9.47. The van der Waals surface area contributed by atoms with Crippen LogP contribution in [0.5, 0.6) is 11.5 Å². The predicted octanol–water partition coefficient (Wildman–Crippen LogP) is 5.70. The Balaban J connectivity index is 0.000000239. The smallest absolute Gasteiger partial charge is 0.303 e. The molecule has 8 nitrogen and oxygen atoms in total. The average Bonchev–Trinajstić information content (AvgIpc) is 3.23. The molecule has 4 aliphatic carbocycles. The van der Waals surface area contributed by atoms with Crippen LogP contribution in [0.25, 0.3) is 0 Å². The van der Waals surface area contributed by atoms with Gasteiger partial charge in [0, 0.05) is 31.3 Å². The van der Waals surface area contributed by atoms with Crippen LogP contribution in [-0.2, 0) is 19.1 Å². The zero-order valence-electron chi connectivity index (χ0n) is 26.7. The molecule has 0 saturated heterocycles. The summed E-state index contributed by atoms with van der Waals surface area (Å²) >= 11 is 0.